The first-order valence-corrected chi connectivity index (χ1v) is 6.51. The lowest BCUT2D eigenvalue weighted by molar-refractivity contribution is 0.751. The van der Waals surface area contributed by atoms with Crippen LogP contribution in [0.1, 0.15) is 22.1 Å². The first-order valence-electron chi connectivity index (χ1n) is 4.75. The van der Waals surface area contributed by atoms with Crippen LogP contribution in [0.4, 0.5) is 0 Å². The Hall–Kier alpha value is -0.600. The number of hydrogen-bond acceptors (Lipinski definition) is 2. The lowest BCUT2D eigenvalue weighted by atomic mass is 10.0. The number of rotatable bonds is 4. The van der Waals surface area contributed by atoms with Crippen LogP contribution in [0.3, 0.4) is 0 Å². The van der Waals surface area contributed by atoms with Crippen molar-refractivity contribution >= 4 is 22.7 Å². The molecular weight excluding hydrogens is 208 g/mol. The van der Waals surface area contributed by atoms with E-state index in [0.29, 0.717) is 5.92 Å². The molecule has 2 heterocycles. The van der Waals surface area contributed by atoms with Gasteiger partial charge in [0.05, 0.1) is 0 Å². The van der Waals surface area contributed by atoms with Crippen LogP contribution in [-0.2, 0) is 6.42 Å². The molecule has 0 bridgehead atoms. The highest BCUT2D eigenvalue weighted by atomic mass is 32.1. The summed E-state index contributed by atoms with van der Waals surface area (Å²) < 4.78 is 0. The molecule has 14 heavy (non-hydrogen) atoms. The van der Waals surface area contributed by atoms with Crippen molar-refractivity contribution in [2.24, 2.45) is 0 Å². The van der Waals surface area contributed by atoms with E-state index in [4.69, 9.17) is 0 Å². The van der Waals surface area contributed by atoms with Crippen LogP contribution in [0.2, 0.25) is 0 Å². The topological polar surface area (TPSA) is 0 Å². The second-order valence-electron chi connectivity index (χ2n) is 3.33. The van der Waals surface area contributed by atoms with E-state index in [2.05, 4.69) is 41.9 Å². The second-order valence-corrected chi connectivity index (χ2v) is 5.34. The highest BCUT2D eigenvalue weighted by Crippen LogP contribution is 2.25. The lowest BCUT2D eigenvalue weighted by Crippen LogP contribution is -1.92. The van der Waals surface area contributed by atoms with E-state index in [0.717, 1.165) is 12.8 Å². The van der Waals surface area contributed by atoms with Crippen LogP contribution >= 0.6 is 22.7 Å². The van der Waals surface area contributed by atoms with Gasteiger partial charge in [0.15, 0.2) is 0 Å². The fourth-order valence-corrected chi connectivity index (χ4v) is 2.94. The van der Waals surface area contributed by atoms with Gasteiger partial charge < -0.3 is 0 Å². The standard InChI is InChI=1S/C12H13S2/c1-10(12-5-3-9-14-12)6-7-11-4-2-8-13-11/h2-5,8-10H,1,6-7H2. The largest absolute Gasteiger partial charge is 0.149 e. The normalized spacial score (nSPS) is 12.9. The molecule has 0 fully saturated rings. The van der Waals surface area contributed by atoms with Gasteiger partial charge in [-0.2, -0.15) is 0 Å². The number of aryl methyl sites for hydroxylation is 1. The quantitative estimate of drug-likeness (QED) is 0.719. The van der Waals surface area contributed by atoms with E-state index < -0.39 is 0 Å². The molecule has 2 heteroatoms. The maximum atomic E-state index is 4.19. The van der Waals surface area contributed by atoms with E-state index in [1.807, 2.05) is 22.7 Å². The van der Waals surface area contributed by atoms with Gasteiger partial charge in [-0.3, -0.25) is 0 Å². The van der Waals surface area contributed by atoms with Gasteiger partial charge in [0.25, 0.3) is 0 Å². The van der Waals surface area contributed by atoms with Crippen molar-refractivity contribution in [1.82, 2.24) is 0 Å². The zero-order valence-electron chi connectivity index (χ0n) is 7.98. The van der Waals surface area contributed by atoms with Gasteiger partial charge in [-0.15, -0.1) is 22.7 Å². The van der Waals surface area contributed by atoms with Crippen LogP contribution in [0, 0.1) is 6.92 Å². The highest BCUT2D eigenvalue weighted by molar-refractivity contribution is 7.10. The van der Waals surface area contributed by atoms with E-state index in [9.17, 15) is 0 Å². The smallest absolute Gasteiger partial charge is 0.00763 e. The van der Waals surface area contributed by atoms with Gasteiger partial charge in [0, 0.05) is 9.75 Å². The van der Waals surface area contributed by atoms with Gasteiger partial charge in [0.2, 0.25) is 0 Å². The fraction of sp³-hybridized carbons (Fsp3) is 0.250. The van der Waals surface area contributed by atoms with Crippen molar-refractivity contribution in [2.45, 2.75) is 18.8 Å². The molecule has 1 unspecified atom stereocenters. The van der Waals surface area contributed by atoms with Crippen LogP contribution in [0.25, 0.3) is 0 Å². The molecule has 0 amide bonds. The van der Waals surface area contributed by atoms with Gasteiger partial charge in [-0.1, -0.05) is 12.1 Å². The SMILES string of the molecule is [CH2]C(CCc1cccs1)c1cccs1. The van der Waals surface area contributed by atoms with Crippen molar-refractivity contribution in [3.8, 4) is 0 Å². The summed E-state index contributed by atoms with van der Waals surface area (Å²) in [6.45, 7) is 4.19. The molecule has 0 N–H and O–H groups in total. The summed E-state index contributed by atoms with van der Waals surface area (Å²) in [5.41, 5.74) is 0. The van der Waals surface area contributed by atoms with E-state index in [1.54, 1.807) is 0 Å². The summed E-state index contributed by atoms with van der Waals surface area (Å²) >= 11 is 3.65. The van der Waals surface area contributed by atoms with Gasteiger partial charge in [-0.05, 0) is 48.6 Å². The molecule has 0 aromatic carbocycles. The molecule has 0 saturated heterocycles. The minimum Gasteiger partial charge on any atom is -0.149 e. The molecule has 0 spiro atoms. The van der Waals surface area contributed by atoms with Crippen molar-refractivity contribution < 1.29 is 0 Å². The molecule has 73 valence electrons. The molecule has 1 atom stereocenters. The maximum absolute atomic E-state index is 4.19. The Bertz CT molecular complexity index is 346. The first kappa shape index (κ1) is 9.94. The number of hydrogen-bond donors (Lipinski definition) is 0. The third-order valence-corrected chi connectivity index (χ3v) is 4.24. The Morgan fingerprint density at radius 2 is 1.93 bits per heavy atom. The Balaban J connectivity index is 1.87. The molecule has 0 aliphatic carbocycles. The third-order valence-electron chi connectivity index (χ3n) is 2.26. The molecule has 2 rings (SSSR count). The summed E-state index contributed by atoms with van der Waals surface area (Å²) in [7, 11) is 0. The summed E-state index contributed by atoms with van der Waals surface area (Å²) in [6.07, 6.45) is 2.31. The summed E-state index contributed by atoms with van der Waals surface area (Å²) in [4.78, 5) is 2.87. The van der Waals surface area contributed by atoms with Crippen molar-refractivity contribution in [1.29, 1.82) is 0 Å². The first-order chi connectivity index (χ1) is 6.86. The number of thiophene rings is 2. The average molecular weight is 221 g/mol. The van der Waals surface area contributed by atoms with Crippen LogP contribution in [-0.4, -0.2) is 0 Å². The summed E-state index contributed by atoms with van der Waals surface area (Å²) in [5, 5.41) is 4.26. The van der Waals surface area contributed by atoms with E-state index >= 15 is 0 Å². The van der Waals surface area contributed by atoms with Crippen LogP contribution in [0.5, 0.6) is 0 Å². The fourth-order valence-electron chi connectivity index (χ4n) is 1.44. The zero-order valence-corrected chi connectivity index (χ0v) is 9.61. The predicted octanol–water partition coefficient (Wildman–Crippen LogP) is 4.36. The van der Waals surface area contributed by atoms with Crippen molar-refractivity contribution in [3.63, 3.8) is 0 Å². The van der Waals surface area contributed by atoms with Crippen molar-refractivity contribution in [2.75, 3.05) is 0 Å². The Morgan fingerprint density at radius 3 is 2.57 bits per heavy atom. The monoisotopic (exact) mass is 221 g/mol. The summed E-state index contributed by atoms with van der Waals surface area (Å²) in [5.74, 6) is 0.456. The maximum Gasteiger partial charge on any atom is 0.00763 e. The molecular formula is C12H13S2. The lowest BCUT2D eigenvalue weighted by Gasteiger charge is -2.07. The van der Waals surface area contributed by atoms with E-state index in [1.165, 1.54) is 9.75 Å². The molecule has 0 aliphatic rings. The summed E-state index contributed by atoms with van der Waals surface area (Å²) in [6, 6.07) is 8.59. The highest BCUT2D eigenvalue weighted by Gasteiger charge is 2.06. The van der Waals surface area contributed by atoms with Gasteiger partial charge >= 0.3 is 0 Å². The predicted molar refractivity (Wildman–Crippen MR) is 65.1 cm³/mol. The molecule has 1 radical (unpaired) electrons. The molecule has 2 aromatic rings. The minimum atomic E-state index is 0.456. The molecule has 2 aromatic heterocycles. The molecule has 0 aliphatic heterocycles. The van der Waals surface area contributed by atoms with Crippen molar-refractivity contribution in [3.05, 3.63) is 51.7 Å². The van der Waals surface area contributed by atoms with Crippen LogP contribution in [0.15, 0.2) is 35.0 Å². The van der Waals surface area contributed by atoms with Gasteiger partial charge in [-0.25, -0.2) is 0 Å². The third kappa shape index (κ3) is 2.46. The van der Waals surface area contributed by atoms with E-state index in [-0.39, 0.29) is 0 Å². The van der Waals surface area contributed by atoms with Gasteiger partial charge in [0.1, 0.15) is 0 Å². The second kappa shape index (κ2) is 4.76. The average Bonchev–Trinajstić information content (AvgIpc) is 2.87. The molecule has 0 nitrogen and oxygen atoms in total. The Kier molecular flexibility index (Phi) is 3.38. The minimum absolute atomic E-state index is 0.456. The zero-order chi connectivity index (χ0) is 9.80. The Morgan fingerprint density at radius 1 is 1.14 bits per heavy atom. The molecule has 0 saturated carbocycles. The Labute approximate surface area is 93.2 Å². The van der Waals surface area contributed by atoms with Crippen LogP contribution < -0.4 is 0 Å².